The average Bonchev–Trinajstić information content (AvgIpc) is 2.45. The Morgan fingerprint density at radius 2 is 1.32 bits per heavy atom. The predicted octanol–water partition coefficient (Wildman–Crippen LogP) is 0.644. The maximum absolute atomic E-state index is 10.4. The molecule has 0 fully saturated rings. The molecular weight excluding hydrogens is 336 g/mol. The molecule has 0 aromatic heterocycles. The molecule has 0 aliphatic heterocycles. The number of phenols is 2. The summed E-state index contributed by atoms with van der Waals surface area (Å²) in [6.45, 7) is 2.72. The fraction of sp³-hybridized carbons (Fsp3) is 0.500. The first-order valence-electron chi connectivity index (χ1n) is 7.47. The summed E-state index contributed by atoms with van der Waals surface area (Å²) in [7, 11) is 0. The molecule has 0 bridgehead atoms. The van der Waals surface area contributed by atoms with Crippen LogP contribution < -0.4 is 0 Å². The summed E-state index contributed by atoms with van der Waals surface area (Å²) in [4.78, 5) is 20.9. The molecule has 0 amide bonds. The molecule has 142 valence electrons. The minimum absolute atomic E-state index is 0.0880. The molecule has 0 aliphatic rings. The highest BCUT2D eigenvalue weighted by atomic mass is 16.6. The summed E-state index contributed by atoms with van der Waals surface area (Å²) in [5.41, 5.74) is 0. The highest BCUT2D eigenvalue weighted by Gasteiger charge is 2.09. The van der Waals surface area contributed by atoms with E-state index in [4.69, 9.17) is 25.2 Å². The van der Waals surface area contributed by atoms with E-state index in [9.17, 15) is 9.59 Å². The van der Waals surface area contributed by atoms with Gasteiger partial charge in [0.15, 0.2) is 0 Å². The van der Waals surface area contributed by atoms with E-state index in [1.165, 1.54) is 32.0 Å². The van der Waals surface area contributed by atoms with Gasteiger partial charge in [-0.25, -0.2) is 0 Å². The van der Waals surface area contributed by atoms with E-state index in [0.717, 1.165) is 0 Å². The molecule has 4 N–H and O–H groups in total. The molecule has 9 nitrogen and oxygen atoms in total. The molecule has 1 rings (SSSR count). The van der Waals surface area contributed by atoms with Crippen molar-refractivity contribution in [2.24, 2.45) is 0 Å². The zero-order valence-electron chi connectivity index (χ0n) is 14.1. The Balaban J connectivity index is 0.000000593. The van der Waals surface area contributed by atoms with E-state index in [1.807, 2.05) is 0 Å². The Kier molecular flexibility index (Phi) is 11.8. The van der Waals surface area contributed by atoms with E-state index in [0.29, 0.717) is 0 Å². The van der Waals surface area contributed by atoms with Crippen LogP contribution in [0.25, 0.3) is 0 Å². The molecule has 0 radical (unpaired) electrons. The number of esters is 2. The van der Waals surface area contributed by atoms with E-state index < -0.39 is 24.5 Å². The number of hydrogen-bond donors (Lipinski definition) is 4. The summed E-state index contributed by atoms with van der Waals surface area (Å²) >= 11 is 0. The first-order chi connectivity index (χ1) is 11.7. The van der Waals surface area contributed by atoms with Crippen LogP contribution in [0, 0.1) is 0 Å². The van der Waals surface area contributed by atoms with Crippen LogP contribution >= 0.6 is 0 Å². The lowest BCUT2D eigenvalue weighted by Gasteiger charge is -2.12. The van der Waals surface area contributed by atoms with E-state index in [-0.39, 0.29) is 37.6 Å². The minimum atomic E-state index is -1.19. The minimum Gasteiger partial charge on any atom is -0.508 e. The summed E-state index contributed by atoms with van der Waals surface area (Å²) in [5.74, 6) is -0.958. The SMILES string of the molecule is CC(=O)OC(O)CCOCCC(O)OC(C)=O.Oc1cccc(O)c1. The molecule has 1 aromatic carbocycles. The topological polar surface area (TPSA) is 143 Å². The molecule has 0 saturated carbocycles. The zero-order chi connectivity index (χ0) is 19.2. The van der Waals surface area contributed by atoms with Gasteiger partial charge in [-0.15, -0.1) is 0 Å². The second-order valence-electron chi connectivity index (χ2n) is 4.84. The second-order valence-corrected chi connectivity index (χ2v) is 4.84. The van der Waals surface area contributed by atoms with Crippen LogP contribution in [0.15, 0.2) is 24.3 Å². The van der Waals surface area contributed by atoms with Crippen molar-refractivity contribution in [3.05, 3.63) is 24.3 Å². The third-order valence-electron chi connectivity index (χ3n) is 2.45. The van der Waals surface area contributed by atoms with Gasteiger partial charge in [-0.3, -0.25) is 9.59 Å². The molecule has 1 aromatic rings. The number of aromatic hydroxyl groups is 2. The normalized spacial score (nSPS) is 12.3. The first kappa shape index (κ1) is 22.6. The second kappa shape index (κ2) is 13.0. The van der Waals surface area contributed by atoms with Gasteiger partial charge in [0.2, 0.25) is 12.6 Å². The van der Waals surface area contributed by atoms with Crippen LogP contribution in [0.5, 0.6) is 11.5 Å². The van der Waals surface area contributed by atoms with E-state index in [1.54, 1.807) is 6.07 Å². The van der Waals surface area contributed by atoms with Crippen molar-refractivity contribution >= 4 is 11.9 Å². The van der Waals surface area contributed by atoms with Crippen molar-refractivity contribution in [1.82, 2.24) is 0 Å². The molecule has 9 heteroatoms. The molecular formula is C16H24O9. The van der Waals surface area contributed by atoms with Gasteiger partial charge in [0.25, 0.3) is 0 Å². The fourth-order valence-electron chi connectivity index (χ4n) is 1.46. The number of carbonyl (C=O) groups excluding carboxylic acids is 2. The maximum Gasteiger partial charge on any atom is 0.304 e. The Labute approximate surface area is 145 Å². The number of phenolic OH excluding ortho intramolecular Hbond substituents is 2. The monoisotopic (exact) mass is 360 g/mol. The smallest absolute Gasteiger partial charge is 0.304 e. The molecule has 2 unspecified atom stereocenters. The van der Waals surface area contributed by atoms with Crippen molar-refractivity contribution in [3.63, 3.8) is 0 Å². The van der Waals surface area contributed by atoms with Gasteiger partial charge >= 0.3 is 11.9 Å². The zero-order valence-corrected chi connectivity index (χ0v) is 14.1. The van der Waals surface area contributed by atoms with Crippen molar-refractivity contribution in [2.45, 2.75) is 39.3 Å². The van der Waals surface area contributed by atoms with Gasteiger partial charge in [0.1, 0.15) is 11.5 Å². The number of rotatable bonds is 8. The Morgan fingerprint density at radius 3 is 1.60 bits per heavy atom. The van der Waals surface area contributed by atoms with Gasteiger partial charge in [-0.2, -0.15) is 0 Å². The molecule has 2 atom stereocenters. The average molecular weight is 360 g/mol. The van der Waals surface area contributed by atoms with Crippen molar-refractivity contribution in [1.29, 1.82) is 0 Å². The number of benzene rings is 1. The molecule has 0 saturated heterocycles. The number of ether oxygens (including phenoxy) is 3. The summed E-state index contributed by atoms with van der Waals surface area (Å²) in [5, 5.41) is 35.5. The quantitative estimate of drug-likeness (QED) is 0.298. The van der Waals surface area contributed by atoms with Gasteiger partial charge in [0, 0.05) is 32.8 Å². The molecule has 25 heavy (non-hydrogen) atoms. The third kappa shape index (κ3) is 14.9. The lowest BCUT2D eigenvalue weighted by Crippen LogP contribution is -2.20. The predicted molar refractivity (Wildman–Crippen MR) is 85.4 cm³/mol. The lowest BCUT2D eigenvalue weighted by atomic mass is 10.3. The Hall–Kier alpha value is -2.36. The van der Waals surface area contributed by atoms with Crippen LogP contribution in [0.1, 0.15) is 26.7 Å². The van der Waals surface area contributed by atoms with Gasteiger partial charge in [0.05, 0.1) is 13.2 Å². The Bertz CT molecular complexity index is 477. The third-order valence-corrected chi connectivity index (χ3v) is 2.45. The lowest BCUT2D eigenvalue weighted by molar-refractivity contribution is -0.169. The maximum atomic E-state index is 10.4. The highest BCUT2D eigenvalue weighted by molar-refractivity contribution is 5.66. The van der Waals surface area contributed by atoms with E-state index in [2.05, 4.69) is 9.47 Å². The largest absolute Gasteiger partial charge is 0.508 e. The standard InChI is InChI=1S/C10H18O7.C6H6O2/c1-7(11)16-9(13)3-5-15-6-4-10(14)17-8(2)12;7-5-2-1-3-6(8)4-5/h9-10,13-14H,3-6H2,1-2H3;1-4,7-8H. The van der Waals surface area contributed by atoms with Crippen molar-refractivity contribution in [2.75, 3.05) is 13.2 Å². The molecule has 0 heterocycles. The molecule has 0 spiro atoms. The van der Waals surface area contributed by atoms with Crippen molar-refractivity contribution < 1.29 is 44.2 Å². The van der Waals surface area contributed by atoms with Gasteiger partial charge in [-0.1, -0.05) is 6.07 Å². The van der Waals surface area contributed by atoms with Crippen LogP contribution in [0.3, 0.4) is 0 Å². The van der Waals surface area contributed by atoms with Crippen molar-refractivity contribution in [3.8, 4) is 11.5 Å². The van der Waals surface area contributed by atoms with Crippen LogP contribution in [0.4, 0.5) is 0 Å². The number of hydrogen-bond acceptors (Lipinski definition) is 9. The fourth-order valence-corrected chi connectivity index (χ4v) is 1.46. The first-order valence-corrected chi connectivity index (χ1v) is 7.47. The number of aliphatic hydroxyl groups is 2. The van der Waals surface area contributed by atoms with Gasteiger partial charge in [-0.05, 0) is 12.1 Å². The summed E-state index contributed by atoms with van der Waals surface area (Å²) in [6, 6.07) is 5.85. The summed E-state index contributed by atoms with van der Waals surface area (Å²) in [6.07, 6.45) is -2.09. The van der Waals surface area contributed by atoms with Crippen LogP contribution in [-0.4, -0.2) is 58.2 Å². The van der Waals surface area contributed by atoms with Crippen LogP contribution in [-0.2, 0) is 23.8 Å². The number of carbonyl (C=O) groups is 2. The van der Waals surface area contributed by atoms with E-state index >= 15 is 0 Å². The number of aliphatic hydroxyl groups excluding tert-OH is 2. The Morgan fingerprint density at radius 1 is 0.920 bits per heavy atom. The highest BCUT2D eigenvalue weighted by Crippen LogP contribution is 2.14. The summed E-state index contributed by atoms with van der Waals surface area (Å²) < 4.78 is 13.9. The van der Waals surface area contributed by atoms with Crippen LogP contribution in [0.2, 0.25) is 0 Å². The molecule has 0 aliphatic carbocycles. The van der Waals surface area contributed by atoms with Gasteiger partial charge < -0.3 is 34.6 Å².